The third kappa shape index (κ3) is 4.19. The Morgan fingerprint density at radius 1 is 1.42 bits per heavy atom. The second-order valence-electron chi connectivity index (χ2n) is 6.04. The lowest BCUT2D eigenvalue weighted by Crippen LogP contribution is -2.49. The smallest absolute Gasteiger partial charge is 0.246 e. The van der Waals surface area contributed by atoms with Gasteiger partial charge >= 0.3 is 0 Å². The summed E-state index contributed by atoms with van der Waals surface area (Å²) >= 11 is 13.8. The number of hydrogen-bond acceptors (Lipinski definition) is 3. The molecule has 1 fully saturated rings. The van der Waals surface area contributed by atoms with Crippen LogP contribution in [0.2, 0.25) is 10.0 Å². The van der Waals surface area contributed by atoms with Crippen molar-refractivity contribution in [2.45, 2.75) is 32.9 Å². The van der Waals surface area contributed by atoms with E-state index in [9.17, 15) is 9.59 Å². The maximum atomic E-state index is 12.8. The van der Waals surface area contributed by atoms with Crippen molar-refractivity contribution in [3.05, 3.63) is 33.8 Å². The second kappa shape index (κ2) is 8.45. The quantitative estimate of drug-likeness (QED) is 0.767. The van der Waals surface area contributed by atoms with Crippen LogP contribution in [0.5, 0.6) is 0 Å². The fraction of sp³-hybridized carbons (Fsp3) is 0.529. The van der Waals surface area contributed by atoms with Gasteiger partial charge in [0.25, 0.3) is 0 Å². The molecule has 1 aliphatic heterocycles. The topological polar surface area (TPSA) is 40.6 Å². The number of carbonyl (C=O) groups is 2. The molecule has 0 bridgehead atoms. The average molecular weight is 389 g/mol. The predicted molar refractivity (Wildman–Crippen MR) is 100 cm³/mol. The van der Waals surface area contributed by atoms with E-state index in [0.29, 0.717) is 28.2 Å². The van der Waals surface area contributed by atoms with E-state index in [1.54, 1.807) is 34.7 Å². The van der Waals surface area contributed by atoms with Crippen LogP contribution in [0.3, 0.4) is 0 Å². The molecule has 1 saturated heterocycles. The van der Waals surface area contributed by atoms with Gasteiger partial charge in [-0.1, -0.05) is 49.2 Å². The molecule has 0 unspecified atom stereocenters. The zero-order valence-corrected chi connectivity index (χ0v) is 16.4. The number of benzene rings is 1. The highest BCUT2D eigenvalue weighted by molar-refractivity contribution is 7.99. The Hall–Kier alpha value is -0.910. The van der Waals surface area contributed by atoms with Crippen LogP contribution < -0.4 is 0 Å². The summed E-state index contributed by atoms with van der Waals surface area (Å²) in [5.41, 5.74) is 0.797. The van der Waals surface area contributed by atoms with Crippen molar-refractivity contribution < 1.29 is 9.59 Å². The SMILES string of the molecule is CC[C@H](C)C(=O)N1CSC[C@H]1C(=O)N(C)Cc1cccc(Cl)c1Cl. The van der Waals surface area contributed by atoms with Crippen LogP contribution in [-0.4, -0.2) is 46.3 Å². The molecule has 0 spiro atoms. The molecule has 1 heterocycles. The van der Waals surface area contributed by atoms with Crippen LogP contribution in [0.1, 0.15) is 25.8 Å². The van der Waals surface area contributed by atoms with Crippen molar-refractivity contribution in [3.8, 4) is 0 Å². The van der Waals surface area contributed by atoms with E-state index in [1.165, 1.54) is 0 Å². The van der Waals surface area contributed by atoms with Crippen LogP contribution in [-0.2, 0) is 16.1 Å². The van der Waals surface area contributed by atoms with Crippen molar-refractivity contribution in [1.29, 1.82) is 0 Å². The van der Waals surface area contributed by atoms with Gasteiger partial charge < -0.3 is 9.80 Å². The Balaban J connectivity index is 2.09. The van der Waals surface area contributed by atoms with Gasteiger partial charge in [-0.3, -0.25) is 9.59 Å². The van der Waals surface area contributed by atoms with Crippen LogP contribution in [0.25, 0.3) is 0 Å². The van der Waals surface area contributed by atoms with Crippen molar-refractivity contribution in [2.75, 3.05) is 18.7 Å². The molecule has 7 heteroatoms. The Morgan fingerprint density at radius 3 is 2.79 bits per heavy atom. The summed E-state index contributed by atoms with van der Waals surface area (Å²) in [6.45, 7) is 4.25. The zero-order valence-electron chi connectivity index (χ0n) is 14.1. The van der Waals surface area contributed by atoms with Gasteiger partial charge in [-0.25, -0.2) is 0 Å². The molecular weight excluding hydrogens is 367 g/mol. The predicted octanol–water partition coefficient (Wildman–Crippen LogP) is 3.90. The van der Waals surface area contributed by atoms with E-state index < -0.39 is 6.04 Å². The van der Waals surface area contributed by atoms with Gasteiger partial charge in [0.1, 0.15) is 6.04 Å². The maximum Gasteiger partial charge on any atom is 0.246 e. The average Bonchev–Trinajstić information content (AvgIpc) is 3.06. The summed E-state index contributed by atoms with van der Waals surface area (Å²) < 4.78 is 0. The van der Waals surface area contributed by atoms with Crippen LogP contribution >= 0.6 is 35.0 Å². The van der Waals surface area contributed by atoms with E-state index in [-0.39, 0.29) is 17.7 Å². The number of thioether (sulfide) groups is 1. The summed E-state index contributed by atoms with van der Waals surface area (Å²) in [5.74, 6) is 1.13. The first kappa shape index (κ1) is 19.4. The standard InChI is InChI=1S/C17H22Cl2N2O2S/c1-4-11(2)16(22)21-10-24-9-14(21)17(23)20(3)8-12-6-5-7-13(18)15(12)19/h5-7,11,14H,4,8-10H2,1-3H3/t11-,14-/m0/s1. The van der Waals surface area contributed by atoms with Gasteiger partial charge in [0, 0.05) is 25.3 Å². The van der Waals surface area contributed by atoms with Crippen molar-refractivity contribution in [1.82, 2.24) is 9.80 Å². The lowest BCUT2D eigenvalue weighted by atomic mass is 10.1. The molecule has 24 heavy (non-hydrogen) atoms. The van der Waals surface area contributed by atoms with E-state index in [2.05, 4.69) is 0 Å². The zero-order chi connectivity index (χ0) is 17.9. The van der Waals surface area contributed by atoms with Crippen LogP contribution in [0, 0.1) is 5.92 Å². The Morgan fingerprint density at radius 2 is 2.12 bits per heavy atom. The van der Waals surface area contributed by atoms with Crippen molar-refractivity contribution in [3.63, 3.8) is 0 Å². The lowest BCUT2D eigenvalue weighted by molar-refractivity contribution is -0.144. The summed E-state index contributed by atoms with van der Waals surface area (Å²) in [5, 5.41) is 0.937. The molecule has 2 rings (SSSR count). The van der Waals surface area contributed by atoms with Crippen molar-refractivity contribution in [2.24, 2.45) is 5.92 Å². The van der Waals surface area contributed by atoms with Crippen molar-refractivity contribution >= 4 is 46.8 Å². The molecule has 132 valence electrons. The second-order valence-corrected chi connectivity index (χ2v) is 7.83. The van der Waals surface area contributed by atoms with E-state index in [1.807, 2.05) is 26.0 Å². The third-order valence-electron chi connectivity index (χ3n) is 4.30. The van der Waals surface area contributed by atoms with Gasteiger partial charge in [0.15, 0.2) is 0 Å². The summed E-state index contributed by atoms with van der Waals surface area (Å²) in [6.07, 6.45) is 0.773. The lowest BCUT2D eigenvalue weighted by Gasteiger charge is -2.29. The Kier molecular flexibility index (Phi) is 6.84. The summed E-state index contributed by atoms with van der Waals surface area (Å²) in [6, 6.07) is 4.98. The molecule has 1 aliphatic rings. The minimum absolute atomic E-state index is 0.0510. The minimum atomic E-state index is -0.403. The Labute approximate surface area is 157 Å². The van der Waals surface area contributed by atoms with Gasteiger partial charge in [-0.15, -0.1) is 11.8 Å². The number of halogens is 2. The Bertz CT molecular complexity index is 627. The van der Waals surface area contributed by atoms with E-state index in [4.69, 9.17) is 23.2 Å². The monoisotopic (exact) mass is 388 g/mol. The molecule has 0 aromatic heterocycles. The highest BCUT2D eigenvalue weighted by Crippen LogP contribution is 2.28. The highest BCUT2D eigenvalue weighted by Gasteiger charge is 2.37. The molecular formula is C17H22Cl2N2O2S. The highest BCUT2D eigenvalue weighted by atomic mass is 35.5. The van der Waals surface area contributed by atoms with Gasteiger partial charge in [0.2, 0.25) is 11.8 Å². The molecule has 0 radical (unpaired) electrons. The molecule has 2 amide bonds. The van der Waals surface area contributed by atoms with Gasteiger partial charge in [-0.2, -0.15) is 0 Å². The number of carbonyl (C=O) groups excluding carboxylic acids is 2. The molecule has 1 aromatic carbocycles. The molecule has 0 N–H and O–H groups in total. The molecule has 4 nitrogen and oxygen atoms in total. The third-order valence-corrected chi connectivity index (χ3v) is 6.17. The van der Waals surface area contributed by atoms with E-state index in [0.717, 1.165) is 12.0 Å². The number of rotatable bonds is 5. The maximum absolute atomic E-state index is 12.8. The first-order chi connectivity index (χ1) is 11.4. The number of likely N-dealkylation sites (N-methyl/N-ethyl adjacent to an activating group) is 1. The summed E-state index contributed by atoms with van der Waals surface area (Å²) in [4.78, 5) is 28.6. The fourth-order valence-electron chi connectivity index (χ4n) is 2.58. The normalized spacial score (nSPS) is 18.5. The first-order valence-electron chi connectivity index (χ1n) is 7.92. The summed E-state index contributed by atoms with van der Waals surface area (Å²) in [7, 11) is 1.73. The largest absolute Gasteiger partial charge is 0.340 e. The van der Waals surface area contributed by atoms with Gasteiger partial charge in [0.05, 0.1) is 15.9 Å². The molecule has 0 aliphatic carbocycles. The minimum Gasteiger partial charge on any atom is -0.340 e. The molecule has 0 saturated carbocycles. The van der Waals surface area contributed by atoms with Gasteiger partial charge in [-0.05, 0) is 18.1 Å². The van der Waals surface area contributed by atoms with Crippen LogP contribution in [0.15, 0.2) is 18.2 Å². The first-order valence-corrected chi connectivity index (χ1v) is 9.84. The van der Waals surface area contributed by atoms with Crippen LogP contribution in [0.4, 0.5) is 0 Å². The number of hydrogen-bond donors (Lipinski definition) is 0. The fourth-order valence-corrected chi connectivity index (χ4v) is 4.12. The molecule has 2 atom stereocenters. The number of nitrogens with zero attached hydrogens (tertiary/aromatic N) is 2. The molecule has 1 aromatic rings. The number of amides is 2. The van der Waals surface area contributed by atoms with E-state index >= 15 is 0 Å².